The second-order valence-electron chi connectivity index (χ2n) is 8.50. The van der Waals surface area contributed by atoms with E-state index in [9.17, 15) is 32.9 Å². The Bertz CT molecular complexity index is 1630. The molecule has 0 unspecified atom stereocenters. The first-order valence-corrected chi connectivity index (χ1v) is 13.6. The number of nitrogens with one attached hydrogen (secondary N) is 1. The molecule has 1 fully saturated rings. The van der Waals surface area contributed by atoms with Gasteiger partial charge in [0.15, 0.2) is 0 Å². The van der Waals surface area contributed by atoms with Gasteiger partial charge in [0.1, 0.15) is 17.2 Å². The van der Waals surface area contributed by atoms with Crippen LogP contribution < -0.4 is 9.50 Å². The number of carbonyl (C=O) groups is 3. The molecule has 1 aliphatic heterocycles. The van der Waals surface area contributed by atoms with E-state index >= 15 is 0 Å². The highest BCUT2D eigenvalue weighted by atomic mass is 32.2. The summed E-state index contributed by atoms with van der Waals surface area (Å²) in [5, 5.41) is 13.2. The summed E-state index contributed by atoms with van der Waals surface area (Å²) in [4.78, 5) is 48.5. The van der Waals surface area contributed by atoms with Crippen molar-refractivity contribution >= 4 is 56.4 Å². The van der Waals surface area contributed by atoms with E-state index in [4.69, 9.17) is 4.18 Å². The fourth-order valence-corrected chi connectivity index (χ4v) is 5.38. The molecule has 11 nitrogen and oxygen atoms in total. The number of benzene rings is 3. The molecule has 0 atom stereocenters. The van der Waals surface area contributed by atoms with Gasteiger partial charge in [0, 0.05) is 17.3 Å². The molecule has 0 radical (unpaired) electrons. The van der Waals surface area contributed by atoms with Crippen LogP contribution in [0.25, 0.3) is 6.08 Å². The number of nitro benzene ring substituents is 1. The highest BCUT2D eigenvalue weighted by Crippen LogP contribution is 2.32. The largest absolute Gasteiger partial charge is 0.379 e. The Morgan fingerprint density at radius 3 is 2.46 bits per heavy atom. The van der Waals surface area contributed by atoms with Gasteiger partial charge in [0.05, 0.1) is 9.83 Å². The van der Waals surface area contributed by atoms with E-state index in [1.807, 2.05) is 13.0 Å². The Kier molecular flexibility index (Phi) is 7.83. The minimum absolute atomic E-state index is 0.0590. The molecule has 0 spiro atoms. The first-order valence-electron chi connectivity index (χ1n) is 11.3. The summed E-state index contributed by atoms with van der Waals surface area (Å²) < 4.78 is 30.3. The maximum absolute atomic E-state index is 12.8. The van der Waals surface area contributed by atoms with Crippen molar-refractivity contribution in [1.29, 1.82) is 0 Å². The quantitative estimate of drug-likeness (QED) is 0.177. The van der Waals surface area contributed by atoms with Crippen LogP contribution in [0.4, 0.5) is 16.2 Å². The van der Waals surface area contributed by atoms with E-state index in [1.165, 1.54) is 49.4 Å². The van der Waals surface area contributed by atoms with Crippen LogP contribution >= 0.6 is 11.8 Å². The molecule has 4 rings (SSSR count). The van der Waals surface area contributed by atoms with Crippen LogP contribution in [0.3, 0.4) is 0 Å². The van der Waals surface area contributed by atoms with E-state index in [0.717, 1.165) is 16.5 Å². The van der Waals surface area contributed by atoms with Gasteiger partial charge in [-0.3, -0.25) is 29.4 Å². The SMILES string of the molecule is Cc1cccc(NC(=O)CN2C(=O)S/C(=C\c3ccc(OS(=O)(=O)c4ccc(C)c([N+](=O)[O-])c4)cc3)C2=O)c1. The van der Waals surface area contributed by atoms with Crippen LogP contribution in [0.5, 0.6) is 5.75 Å². The van der Waals surface area contributed by atoms with Gasteiger partial charge in [-0.25, -0.2) is 0 Å². The molecule has 1 heterocycles. The fraction of sp³-hybridized carbons (Fsp3) is 0.115. The first-order chi connectivity index (χ1) is 18.4. The Hall–Kier alpha value is -4.49. The van der Waals surface area contributed by atoms with Crippen molar-refractivity contribution < 1.29 is 31.9 Å². The number of thioether (sulfide) groups is 1. The lowest BCUT2D eigenvalue weighted by atomic mass is 10.2. The zero-order valence-electron chi connectivity index (χ0n) is 20.6. The average Bonchev–Trinajstić information content (AvgIpc) is 3.12. The Labute approximate surface area is 227 Å². The fourth-order valence-electron chi connectivity index (χ4n) is 3.59. The number of carbonyl (C=O) groups excluding carboxylic acids is 3. The molecule has 0 bridgehead atoms. The van der Waals surface area contributed by atoms with Gasteiger partial charge in [0.2, 0.25) is 5.91 Å². The third-order valence-electron chi connectivity index (χ3n) is 5.53. The van der Waals surface area contributed by atoms with Crippen LogP contribution in [-0.2, 0) is 19.7 Å². The summed E-state index contributed by atoms with van der Waals surface area (Å²) in [6, 6.07) is 16.2. The van der Waals surface area contributed by atoms with Gasteiger partial charge in [-0.1, -0.05) is 30.3 Å². The first kappa shape index (κ1) is 27.5. The van der Waals surface area contributed by atoms with Gasteiger partial charge in [-0.15, -0.1) is 0 Å². The third kappa shape index (κ3) is 6.51. The molecule has 3 aromatic rings. The number of hydrogen-bond acceptors (Lipinski definition) is 9. The van der Waals surface area contributed by atoms with E-state index in [2.05, 4.69) is 5.32 Å². The summed E-state index contributed by atoms with van der Waals surface area (Å²) in [6.45, 7) is 2.91. The summed E-state index contributed by atoms with van der Waals surface area (Å²) in [5.41, 5.74) is 1.92. The van der Waals surface area contributed by atoms with E-state index in [0.29, 0.717) is 28.6 Å². The molecular formula is C26H21N3O8S2. The van der Waals surface area contributed by atoms with Crippen LogP contribution in [0.15, 0.2) is 76.5 Å². The Balaban J connectivity index is 1.43. The predicted molar refractivity (Wildman–Crippen MR) is 145 cm³/mol. The average molecular weight is 568 g/mol. The number of amides is 3. The minimum atomic E-state index is -4.35. The van der Waals surface area contributed by atoms with Crippen LogP contribution in [0, 0.1) is 24.0 Å². The molecule has 1 aliphatic rings. The molecule has 39 heavy (non-hydrogen) atoms. The molecule has 0 aromatic heterocycles. The number of nitrogens with zero attached hydrogens (tertiary/aromatic N) is 2. The number of nitro groups is 1. The standard InChI is InChI=1S/C26H21N3O8S2/c1-16-4-3-5-19(12-16)27-24(30)15-28-25(31)23(38-26(28)32)13-18-7-9-20(10-8-18)37-39(35,36)21-11-6-17(2)22(14-21)29(33)34/h3-14H,15H2,1-2H3,(H,27,30)/b23-13-. The number of rotatable bonds is 8. The summed E-state index contributed by atoms with van der Waals surface area (Å²) in [7, 11) is -4.35. The summed E-state index contributed by atoms with van der Waals surface area (Å²) >= 11 is 0.680. The van der Waals surface area contributed by atoms with Crippen molar-refractivity contribution in [3.8, 4) is 5.75 Å². The molecule has 13 heteroatoms. The highest BCUT2D eigenvalue weighted by Gasteiger charge is 2.36. The molecule has 3 amide bonds. The summed E-state index contributed by atoms with van der Waals surface area (Å²) in [5.74, 6) is -1.21. The number of aryl methyl sites for hydroxylation is 2. The van der Waals surface area contributed by atoms with Gasteiger partial charge >= 0.3 is 10.1 Å². The monoisotopic (exact) mass is 567 g/mol. The number of imide groups is 1. The lowest BCUT2D eigenvalue weighted by Gasteiger charge is -2.12. The van der Waals surface area contributed by atoms with Crippen molar-refractivity contribution in [3.05, 3.63) is 98.4 Å². The Morgan fingerprint density at radius 1 is 1.08 bits per heavy atom. The van der Waals surface area contributed by atoms with Crippen LogP contribution in [0.1, 0.15) is 16.7 Å². The predicted octanol–water partition coefficient (Wildman–Crippen LogP) is 4.65. The second-order valence-corrected chi connectivity index (χ2v) is 11.0. The molecule has 3 aromatic carbocycles. The minimum Gasteiger partial charge on any atom is -0.379 e. The van der Waals surface area contributed by atoms with Gasteiger partial charge in [0.25, 0.3) is 16.8 Å². The maximum atomic E-state index is 12.8. The van der Waals surface area contributed by atoms with Crippen molar-refractivity contribution in [2.24, 2.45) is 0 Å². The van der Waals surface area contributed by atoms with Gasteiger partial charge in [-0.2, -0.15) is 8.42 Å². The van der Waals surface area contributed by atoms with Crippen LogP contribution in [0.2, 0.25) is 0 Å². The number of anilines is 1. The zero-order valence-corrected chi connectivity index (χ0v) is 22.2. The normalized spacial score (nSPS) is 14.5. The van der Waals surface area contributed by atoms with E-state index in [-0.39, 0.29) is 21.2 Å². The third-order valence-corrected chi connectivity index (χ3v) is 7.68. The number of hydrogen-bond donors (Lipinski definition) is 1. The van der Waals surface area contributed by atoms with Crippen molar-refractivity contribution in [2.75, 3.05) is 11.9 Å². The molecule has 1 N–H and O–H groups in total. The molecule has 0 saturated carbocycles. The lowest BCUT2D eigenvalue weighted by molar-refractivity contribution is -0.385. The van der Waals surface area contributed by atoms with Gasteiger partial charge in [-0.05, 0) is 73.1 Å². The summed E-state index contributed by atoms with van der Waals surface area (Å²) in [6.07, 6.45) is 1.44. The molecule has 1 saturated heterocycles. The maximum Gasteiger partial charge on any atom is 0.339 e. The Morgan fingerprint density at radius 2 is 1.79 bits per heavy atom. The highest BCUT2D eigenvalue weighted by molar-refractivity contribution is 8.18. The topological polar surface area (TPSA) is 153 Å². The van der Waals surface area contributed by atoms with Crippen molar-refractivity contribution in [2.45, 2.75) is 18.7 Å². The van der Waals surface area contributed by atoms with E-state index < -0.39 is 38.6 Å². The molecule has 0 aliphatic carbocycles. The molecular weight excluding hydrogens is 546 g/mol. The smallest absolute Gasteiger partial charge is 0.339 e. The van der Waals surface area contributed by atoms with Crippen molar-refractivity contribution in [3.63, 3.8) is 0 Å². The van der Waals surface area contributed by atoms with E-state index in [1.54, 1.807) is 18.2 Å². The lowest BCUT2D eigenvalue weighted by Crippen LogP contribution is -2.36. The second kappa shape index (κ2) is 11.1. The zero-order chi connectivity index (χ0) is 28.3. The van der Waals surface area contributed by atoms with Gasteiger partial charge < -0.3 is 9.50 Å². The van der Waals surface area contributed by atoms with Crippen molar-refractivity contribution in [1.82, 2.24) is 4.90 Å². The molecule has 200 valence electrons. The van der Waals surface area contributed by atoms with Crippen LogP contribution in [-0.4, -0.2) is 41.8 Å².